The van der Waals surface area contributed by atoms with E-state index < -0.39 is 0 Å². The molecule has 0 radical (unpaired) electrons. The van der Waals surface area contributed by atoms with E-state index in [0.29, 0.717) is 28.9 Å². The van der Waals surface area contributed by atoms with Crippen molar-refractivity contribution in [2.45, 2.75) is 44.9 Å². The van der Waals surface area contributed by atoms with Crippen LogP contribution in [0.3, 0.4) is 0 Å². The lowest BCUT2D eigenvalue weighted by atomic mass is 9.54. The van der Waals surface area contributed by atoms with Crippen LogP contribution in [0.2, 0.25) is 0 Å². The summed E-state index contributed by atoms with van der Waals surface area (Å²) in [5, 5.41) is 9.26. The maximum Gasteiger partial charge on any atom is 0.248 e. The number of primary amides is 1. The number of hydrogen-bond acceptors (Lipinski definition) is 3. The van der Waals surface area contributed by atoms with E-state index in [4.69, 9.17) is 5.73 Å². The highest BCUT2D eigenvalue weighted by atomic mass is 16.1. The summed E-state index contributed by atoms with van der Waals surface area (Å²) in [4.78, 5) is 15.9. The second-order valence-electron chi connectivity index (χ2n) is 9.08. The Kier molecular flexibility index (Phi) is 4.10. The van der Waals surface area contributed by atoms with Gasteiger partial charge in [-0.25, -0.2) is 0 Å². The molecule has 29 heavy (non-hydrogen) atoms. The first-order valence-corrected chi connectivity index (χ1v) is 10.5. The van der Waals surface area contributed by atoms with Crippen molar-refractivity contribution in [1.29, 1.82) is 5.26 Å². The van der Waals surface area contributed by atoms with Crippen LogP contribution < -0.4 is 5.73 Å². The number of pyridine rings is 1. The monoisotopic (exact) mass is 383 g/mol. The predicted molar refractivity (Wildman–Crippen MR) is 112 cm³/mol. The highest BCUT2D eigenvalue weighted by molar-refractivity contribution is 5.93. The van der Waals surface area contributed by atoms with E-state index in [-0.39, 0.29) is 11.3 Å². The van der Waals surface area contributed by atoms with Crippen LogP contribution in [-0.2, 0) is 6.42 Å². The average molecular weight is 383 g/mol. The number of fused-ring (bicyclic) bond motifs is 5. The Labute approximate surface area is 171 Å². The minimum absolute atomic E-state index is 0.140. The minimum Gasteiger partial charge on any atom is -0.366 e. The number of rotatable bonds is 2. The molecule has 1 heterocycles. The summed E-state index contributed by atoms with van der Waals surface area (Å²) in [5.74, 6) is 1.49. The standard InChI is InChI=1S/C25H25N3O/c1-25-9-8-20-19-4-3-17(24(27)29)11-16(19)2-5-21(20)23(25)7-6-22(25)18-10-15(12-26)13-28-14-18/h3-4,6,10-11,13-14,20-21,23H,2,5,7-9H2,1H3,(H2,27,29)/t20-,21-,23+,25-/m1/s1. The molecule has 1 amide bonds. The van der Waals surface area contributed by atoms with Gasteiger partial charge in [-0.2, -0.15) is 5.26 Å². The summed E-state index contributed by atoms with van der Waals surface area (Å²) in [5.41, 5.74) is 12.1. The Balaban J connectivity index is 1.47. The lowest BCUT2D eigenvalue weighted by Gasteiger charge is -2.50. The Morgan fingerprint density at radius 1 is 1.28 bits per heavy atom. The molecule has 2 N–H and O–H groups in total. The van der Waals surface area contributed by atoms with Crippen LogP contribution in [0.25, 0.3) is 5.57 Å². The zero-order valence-electron chi connectivity index (χ0n) is 16.7. The highest BCUT2D eigenvalue weighted by Crippen LogP contribution is 2.63. The van der Waals surface area contributed by atoms with Gasteiger partial charge in [0.25, 0.3) is 0 Å². The lowest BCUT2D eigenvalue weighted by molar-refractivity contribution is 0.0885. The van der Waals surface area contributed by atoms with Crippen molar-refractivity contribution in [2.75, 3.05) is 0 Å². The number of nitrogens with two attached hydrogens (primary N) is 1. The van der Waals surface area contributed by atoms with Crippen molar-refractivity contribution < 1.29 is 4.79 Å². The highest BCUT2D eigenvalue weighted by Gasteiger charge is 2.51. The maximum atomic E-state index is 11.6. The summed E-state index contributed by atoms with van der Waals surface area (Å²) >= 11 is 0. The van der Waals surface area contributed by atoms with Gasteiger partial charge in [0.05, 0.1) is 5.56 Å². The third-order valence-electron chi connectivity index (χ3n) is 7.77. The Morgan fingerprint density at radius 3 is 2.93 bits per heavy atom. The van der Waals surface area contributed by atoms with Crippen molar-refractivity contribution in [3.63, 3.8) is 0 Å². The van der Waals surface area contributed by atoms with Gasteiger partial charge in [0, 0.05) is 18.0 Å². The molecule has 1 fully saturated rings. The van der Waals surface area contributed by atoms with Crippen LogP contribution in [0.15, 0.2) is 42.7 Å². The number of carbonyl (C=O) groups is 1. The van der Waals surface area contributed by atoms with Gasteiger partial charge in [-0.15, -0.1) is 0 Å². The molecule has 1 saturated carbocycles. The first-order valence-electron chi connectivity index (χ1n) is 10.5. The molecule has 4 heteroatoms. The number of amides is 1. The zero-order valence-corrected chi connectivity index (χ0v) is 16.7. The van der Waals surface area contributed by atoms with Crippen LogP contribution >= 0.6 is 0 Å². The van der Waals surface area contributed by atoms with Crippen molar-refractivity contribution in [1.82, 2.24) is 4.98 Å². The van der Waals surface area contributed by atoms with Crippen LogP contribution in [0, 0.1) is 28.6 Å². The van der Waals surface area contributed by atoms with Crippen molar-refractivity contribution in [3.05, 3.63) is 70.6 Å². The van der Waals surface area contributed by atoms with Crippen molar-refractivity contribution >= 4 is 11.5 Å². The molecule has 5 rings (SSSR count). The third-order valence-corrected chi connectivity index (χ3v) is 7.77. The molecular weight excluding hydrogens is 358 g/mol. The van der Waals surface area contributed by atoms with Gasteiger partial charge < -0.3 is 5.73 Å². The zero-order chi connectivity index (χ0) is 20.2. The molecule has 0 spiro atoms. The fraction of sp³-hybridized carbons (Fsp3) is 0.400. The van der Waals surface area contributed by atoms with Crippen molar-refractivity contribution in [2.24, 2.45) is 23.0 Å². The van der Waals surface area contributed by atoms with E-state index >= 15 is 0 Å². The molecule has 0 aliphatic heterocycles. The molecule has 4 atom stereocenters. The molecule has 1 aromatic heterocycles. The SMILES string of the molecule is C[C@]12CC[C@@H]3c4ccc(C(N)=O)cc4CC[C@H]3[C@@H]1CC=C2c1cncc(C#N)c1. The van der Waals surface area contributed by atoms with Gasteiger partial charge in [-0.05, 0) is 95.7 Å². The van der Waals surface area contributed by atoms with Gasteiger partial charge in [0.2, 0.25) is 5.91 Å². The van der Waals surface area contributed by atoms with Gasteiger partial charge in [0.15, 0.2) is 0 Å². The number of benzene rings is 1. The second-order valence-corrected chi connectivity index (χ2v) is 9.08. The van der Waals surface area contributed by atoms with Crippen LogP contribution in [0.1, 0.15) is 71.1 Å². The van der Waals surface area contributed by atoms with Crippen LogP contribution in [0.5, 0.6) is 0 Å². The molecule has 0 saturated heterocycles. The number of nitrogens with zero attached hydrogens (tertiary/aromatic N) is 2. The lowest BCUT2D eigenvalue weighted by Crippen LogP contribution is -2.41. The Bertz CT molecular complexity index is 1080. The molecular formula is C25H25N3O. The Hall–Kier alpha value is -2.93. The number of aromatic nitrogens is 1. The van der Waals surface area contributed by atoms with E-state index in [1.165, 1.54) is 16.7 Å². The minimum atomic E-state index is -0.344. The average Bonchev–Trinajstić information content (AvgIpc) is 3.10. The third kappa shape index (κ3) is 2.72. The molecule has 3 aliphatic carbocycles. The molecule has 146 valence electrons. The van der Waals surface area contributed by atoms with E-state index in [1.54, 1.807) is 6.20 Å². The molecule has 1 aromatic carbocycles. The summed E-state index contributed by atoms with van der Waals surface area (Å²) in [6.07, 6.45) is 11.5. The fourth-order valence-electron chi connectivity index (χ4n) is 6.40. The quantitative estimate of drug-likeness (QED) is 0.823. The van der Waals surface area contributed by atoms with Gasteiger partial charge >= 0.3 is 0 Å². The first-order chi connectivity index (χ1) is 14.0. The number of allylic oxidation sites excluding steroid dienone is 2. The largest absolute Gasteiger partial charge is 0.366 e. The number of nitriles is 1. The van der Waals surface area contributed by atoms with Crippen molar-refractivity contribution in [3.8, 4) is 6.07 Å². The molecule has 2 aromatic rings. The smallest absolute Gasteiger partial charge is 0.248 e. The summed E-state index contributed by atoms with van der Waals surface area (Å²) in [6.45, 7) is 2.41. The topological polar surface area (TPSA) is 79.8 Å². The molecule has 4 nitrogen and oxygen atoms in total. The Morgan fingerprint density at radius 2 is 2.14 bits per heavy atom. The normalized spacial score (nSPS) is 29.8. The summed E-state index contributed by atoms with van der Waals surface area (Å²) in [6, 6.07) is 10.3. The predicted octanol–water partition coefficient (Wildman–Crippen LogP) is 4.60. The van der Waals surface area contributed by atoms with Gasteiger partial charge in [-0.1, -0.05) is 19.1 Å². The first kappa shape index (κ1) is 18.1. The number of aryl methyl sites for hydroxylation is 1. The van der Waals surface area contributed by atoms with Crippen LogP contribution in [-0.4, -0.2) is 10.9 Å². The molecule has 0 bridgehead atoms. The van der Waals surface area contributed by atoms with E-state index in [2.05, 4.69) is 30.1 Å². The number of hydrogen-bond donors (Lipinski definition) is 1. The number of carbonyl (C=O) groups excluding carboxylic acids is 1. The van der Waals surface area contributed by atoms with E-state index in [9.17, 15) is 10.1 Å². The van der Waals surface area contributed by atoms with Crippen LogP contribution in [0.4, 0.5) is 0 Å². The van der Waals surface area contributed by atoms with E-state index in [0.717, 1.165) is 37.7 Å². The van der Waals surface area contributed by atoms with Gasteiger partial charge in [0.1, 0.15) is 6.07 Å². The molecule has 0 unspecified atom stereocenters. The summed E-state index contributed by atoms with van der Waals surface area (Å²) in [7, 11) is 0. The second kappa shape index (κ2) is 6.56. The molecule has 3 aliphatic rings. The fourth-order valence-corrected chi connectivity index (χ4v) is 6.40. The van der Waals surface area contributed by atoms with Gasteiger partial charge in [-0.3, -0.25) is 9.78 Å². The summed E-state index contributed by atoms with van der Waals surface area (Å²) < 4.78 is 0. The maximum absolute atomic E-state index is 11.6. The van der Waals surface area contributed by atoms with E-state index in [1.807, 2.05) is 24.4 Å².